The summed E-state index contributed by atoms with van der Waals surface area (Å²) in [5.74, 6) is 4.42. The predicted molar refractivity (Wildman–Crippen MR) is 78.6 cm³/mol. The first-order valence-corrected chi connectivity index (χ1v) is 8.47. The minimum Gasteiger partial charge on any atom is -0.310 e. The fraction of sp³-hybridized carbons (Fsp3) is 1.00. The largest absolute Gasteiger partial charge is 0.310 e. The van der Waals surface area contributed by atoms with Gasteiger partial charge in [0.1, 0.15) is 0 Å². The highest BCUT2D eigenvalue weighted by Crippen LogP contribution is 2.35. The second-order valence-corrected chi connectivity index (χ2v) is 8.15. The predicted octanol–water partition coefficient (Wildman–Crippen LogP) is 3.93. The molecule has 1 nitrogen and oxygen atoms in total. The Morgan fingerprint density at radius 1 is 1.18 bits per heavy atom. The molecular formula is C15H29NS. The molecule has 1 saturated heterocycles. The summed E-state index contributed by atoms with van der Waals surface area (Å²) in [6.45, 7) is 9.71. The van der Waals surface area contributed by atoms with Crippen molar-refractivity contribution in [1.82, 2.24) is 5.32 Å². The molecule has 4 unspecified atom stereocenters. The van der Waals surface area contributed by atoms with Crippen molar-refractivity contribution in [2.45, 2.75) is 65.5 Å². The summed E-state index contributed by atoms with van der Waals surface area (Å²) in [7, 11) is 0. The van der Waals surface area contributed by atoms with Crippen molar-refractivity contribution in [3.8, 4) is 0 Å². The van der Waals surface area contributed by atoms with Gasteiger partial charge in [0, 0.05) is 17.8 Å². The van der Waals surface area contributed by atoms with Gasteiger partial charge in [-0.25, -0.2) is 0 Å². The Morgan fingerprint density at radius 2 is 1.94 bits per heavy atom. The Bertz CT molecular complexity index is 251. The smallest absolute Gasteiger partial charge is 0.0166 e. The van der Waals surface area contributed by atoms with Gasteiger partial charge in [-0.2, -0.15) is 11.8 Å². The highest BCUT2D eigenvalue weighted by Gasteiger charge is 2.33. The van der Waals surface area contributed by atoms with E-state index in [0.717, 1.165) is 23.9 Å². The van der Waals surface area contributed by atoms with E-state index >= 15 is 0 Å². The summed E-state index contributed by atoms with van der Waals surface area (Å²) in [5, 5.41) is 3.97. The summed E-state index contributed by atoms with van der Waals surface area (Å²) in [6, 6.07) is 1.53. The van der Waals surface area contributed by atoms with Gasteiger partial charge in [0.2, 0.25) is 0 Å². The summed E-state index contributed by atoms with van der Waals surface area (Å²) >= 11 is 2.14. The Balaban J connectivity index is 1.87. The number of thioether (sulfide) groups is 1. The van der Waals surface area contributed by atoms with Crippen LogP contribution in [0.2, 0.25) is 0 Å². The second-order valence-electron chi connectivity index (χ2n) is 7.12. The topological polar surface area (TPSA) is 12.0 Å². The Labute approximate surface area is 112 Å². The molecule has 0 aromatic heterocycles. The van der Waals surface area contributed by atoms with Crippen LogP contribution in [0, 0.1) is 17.3 Å². The van der Waals surface area contributed by atoms with E-state index in [1.165, 1.54) is 37.2 Å². The molecule has 0 bridgehead atoms. The van der Waals surface area contributed by atoms with Crippen LogP contribution in [0.1, 0.15) is 53.4 Å². The number of rotatable bonds is 2. The van der Waals surface area contributed by atoms with Crippen LogP contribution in [0.25, 0.3) is 0 Å². The Hall–Kier alpha value is 0.310. The van der Waals surface area contributed by atoms with Crippen LogP contribution in [-0.4, -0.2) is 23.6 Å². The highest BCUT2D eigenvalue weighted by molar-refractivity contribution is 7.99. The van der Waals surface area contributed by atoms with E-state index < -0.39 is 0 Å². The Morgan fingerprint density at radius 3 is 2.65 bits per heavy atom. The van der Waals surface area contributed by atoms with Gasteiger partial charge >= 0.3 is 0 Å². The van der Waals surface area contributed by atoms with Gasteiger partial charge in [-0.15, -0.1) is 0 Å². The maximum absolute atomic E-state index is 3.97. The molecule has 0 radical (unpaired) electrons. The molecule has 0 aromatic rings. The number of hydrogen-bond donors (Lipinski definition) is 1. The fourth-order valence-electron chi connectivity index (χ4n) is 3.49. The number of hydrogen-bond acceptors (Lipinski definition) is 2. The lowest BCUT2D eigenvalue weighted by molar-refractivity contribution is 0.182. The van der Waals surface area contributed by atoms with Gasteiger partial charge in [-0.05, 0) is 35.8 Å². The SMILES string of the molecule is CC1CCCC(NC2CSCC(C)(C)C2)C1C. The average molecular weight is 255 g/mol. The quantitative estimate of drug-likeness (QED) is 0.802. The molecule has 17 heavy (non-hydrogen) atoms. The van der Waals surface area contributed by atoms with Crippen molar-refractivity contribution < 1.29 is 0 Å². The molecule has 0 spiro atoms. The zero-order valence-corrected chi connectivity index (χ0v) is 12.8. The normalized spacial score (nSPS) is 42.4. The van der Waals surface area contributed by atoms with Crippen LogP contribution < -0.4 is 5.32 Å². The molecule has 1 heterocycles. The lowest BCUT2D eigenvalue weighted by Gasteiger charge is -2.41. The van der Waals surface area contributed by atoms with E-state index in [1.54, 1.807) is 0 Å². The van der Waals surface area contributed by atoms with Crippen LogP contribution in [0.5, 0.6) is 0 Å². The second kappa shape index (κ2) is 5.52. The van der Waals surface area contributed by atoms with E-state index in [0.29, 0.717) is 5.41 Å². The fourth-order valence-corrected chi connectivity index (χ4v) is 4.78. The third kappa shape index (κ3) is 3.64. The average Bonchev–Trinajstić information content (AvgIpc) is 2.23. The monoisotopic (exact) mass is 255 g/mol. The standard InChI is InChI=1S/C15H29NS/c1-11-6-5-7-14(12(11)2)16-13-8-15(3,4)10-17-9-13/h11-14,16H,5-10H2,1-4H3. The van der Waals surface area contributed by atoms with Crippen molar-refractivity contribution in [3.63, 3.8) is 0 Å². The first-order chi connectivity index (χ1) is 7.98. The molecule has 100 valence electrons. The first-order valence-electron chi connectivity index (χ1n) is 7.32. The van der Waals surface area contributed by atoms with Crippen LogP contribution in [0.3, 0.4) is 0 Å². The van der Waals surface area contributed by atoms with Crippen molar-refractivity contribution >= 4 is 11.8 Å². The molecule has 1 N–H and O–H groups in total. The van der Waals surface area contributed by atoms with Crippen molar-refractivity contribution in [3.05, 3.63) is 0 Å². The zero-order chi connectivity index (χ0) is 12.5. The van der Waals surface area contributed by atoms with Gasteiger partial charge in [0.05, 0.1) is 0 Å². The van der Waals surface area contributed by atoms with Gasteiger partial charge in [0.25, 0.3) is 0 Å². The van der Waals surface area contributed by atoms with Gasteiger partial charge in [-0.1, -0.05) is 40.5 Å². The number of nitrogens with one attached hydrogen (secondary N) is 1. The molecule has 2 heteroatoms. The molecule has 0 aromatic carbocycles. The summed E-state index contributed by atoms with van der Waals surface area (Å²) in [4.78, 5) is 0. The molecule has 1 saturated carbocycles. The van der Waals surface area contributed by atoms with E-state index in [2.05, 4.69) is 44.8 Å². The van der Waals surface area contributed by atoms with E-state index in [1.807, 2.05) is 0 Å². The summed E-state index contributed by atoms with van der Waals surface area (Å²) < 4.78 is 0. The zero-order valence-electron chi connectivity index (χ0n) is 12.0. The highest BCUT2D eigenvalue weighted by atomic mass is 32.2. The van der Waals surface area contributed by atoms with Crippen LogP contribution in [0.4, 0.5) is 0 Å². The first kappa shape index (κ1) is 13.7. The van der Waals surface area contributed by atoms with E-state index in [9.17, 15) is 0 Å². The Kier molecular flexibility index (Phi) is 4.46. The molecule has 0 amide bonds. The van der Waals surface area contributed by atoms with Gasteiger partial charge < -0.3 is 5.32 Å². The molecule has 2 fully saturated rings. The summed E-state index contributed by atoms with van der Waals surface area (Å²) in [5.41, 5.74) is 0.532. The molecule has 4 atom stereocenters. The molecular weight excluding hydrogens is 226 g/mol. The molecule has 1 aliphatic carbocycles. The lowest BCUT2D eigenvalue weighted by Crippen LogP contribution is -2.49. The maximum Gasteiger partial charge on any atom is 0.0166 e. The van der Waals surface area contributed by atoms with Crippen molar-refractivity contribution in [2.75, 3.05) is 11.5 Å². The van der Waals surface area contributed by atoms with Gasteiger partial charge in [0.15, 0.2) is 0 Å². The van der Waals surface area contributed by atoms with Crippen molar-refractivity contribution in [1.29, 1.82) is 0 Å². The van der Waals surface area contributed by atoms with Gasteiger partial charge in [-0.3, -0.25) is 0 Å². The summed E-state index contributed by atoms with van der Waals surface area (Å²) in [6.07, 6.45) is 5.61. The van der Waals surface area contributed by atoms with Crippen LogP contribution in [-0.2, 0) is 0 Å². The van der Waals surface area contributed by atoms with Crippen LogP contribution in [0.15, 0.2) is 0 Å². The molecule has 2 rings (SSSR count). The minimum atomic E-state index is 0.532. The third-order valence-electron chi connectivity index (χ3n) is 4.77. The third-order valence-corrected chi connectivity index (χ3v) is 6.39. The van der Waals surface area contributed by atoms with Crippen LogP contribution >= 0.6 is 11.8 Å². The van der Waals surface area contributed by atoms with E-state index in [4.69, 9.17) is 0 Å². The minimum absolute atomic E-state index is 0.532. The molecule has 2 aliphatic rings. The van der Waals surface area contributed by atoms with E-state index in [-0.39, 0.29) is 0 Å². The van der Waals surface area contributed by atoms with Crippen molar-refractivity contribution in [2.24, 2.45) is 17.3 Å². The lowest BCUT2D eigenvalue weighted by atomic mass is 9.77. The molecule has 1 aliphatic heterocycles. The maximum atomic E-state index is 3.97.